The van der Waals surface area contributed by atoms with Gasteiger partial charge in [-0.2, -0.15) is 0 Å². The maximum atomic E-state index is 11.7. The standard InChI is InChI=1S/C15H20ClNO3/c16-13-6-1-2-7-14(13)20-10-15(19)17-9-11-4-3-5-12(18)8-11/h1-2,6-7,11-12,18H,3-5,8-10H2,(H,17,19). The predicted molar refractivity (Wildman–Crippen MR) is 77.9 cm³/mol. The number of carbonyl (C=O) groups excluding carboxylic acids is 1. The van der Waals surface area contributed by atoms with E-state index in [0.717, 1.165) is 25.7 Å². The molecule has 0 aliphatic heterocycles. The number of carbonyl (C=O) groups is 1. The van der Waals surface area contributed by atoms with Gasteiger partial charge in [0, 0.05) is 6.54 Å². The number of hydrogen-bond donors (Lipinski definition) is 2. The zero-order valence-electron chi connectivity index (χ0n) is 11.3. The van der Waals surface area contributed by atoms with Gasteiger partial charge in [0.25, 0.3) is 5.91 Å². The normalized spacial score (nSPS) is 22.3. The summed E-state index contributed by atoms with van der Waals surface area (Å²) in [7, 11) is 0. The number of hydrogen-bond acceptors (Lipinski definition) is 3. The van der Waals surface area contributed by atoms with Crippen LogP contribution in [0.15, 0.2) is 24.3 Å². The van der Waals surface area contributed by atoms with Crippen LogP contribution in [0.3, 0.4) is 0 Å². The number of amides is 1. The molecule has 0 spiro atoms. The minimum absolute atomic E-state index is 0.0427. The molecule has 2 unspecified atom stereocenters. The zero-order valence-corrected chi connectivity index (χ0v) is 12.1. The van der Waals surface area contributed by atoms with Crippen molar-refractivity contribution >= 4 is 17.5 Å². The van der Waals surface area contributed by atoms with E-state index in [4.69, 9.17) is 16.3 Å². The van der Waals surface area contributed by atoms with Crippen molar-refractivity contribution in [2.45, 2.75) is 31.8 Å². The number of rotatable bonds is 5. The lowest BCUT2D eigenvalue weighted by Gasteiger charge is -2.25. The number of aliphatic hydroxyl groups is 1. The van der Waals surface area contributed by atoms with Crippen molar-refractivity contribution in [2.24, 2.45) is 5.92 Å². The van der Waals surface area contributed by atoms with Crippen LogP contribution < -0.4 is 10.1 Å². The van der Waals surface area contributed by atoms with Crippen molar-refractivity contribution in [2.75, 3.05) is 13.2 Å². The van der Waals surface area contributed by atoms with Gasteiger partial charge in [0.05, 0.1) is 11.1 Å². The summed E-state index contributed by atoms with van der Waals surface area (Å²) in [6.45, 7) is 0.556. The lowest BCUT2D eigenvalue weighted by molar-refractivity contribution is -0.123. The third-order valence-electron chi connectivity index (χ3n) is 3.54. The Morgan fingerprint density at radius 2 is 2.20 bits per heavy atom. The molecular formula is C15H20ClNO3. The number of nitrogens with one attached hydrogen (secondary N) is 1. The van der Waals surface area contributed by atoms with Gasteiger partial charge in [-0.05, 0) is 37.3 Å². The van der Waals surface area contributed by atoms with E-state index in [1.54, 1.807) is 12.1 Å². The van der Waals surface area contributed by atoms with Gasteiger partial charge >= 0.3 is 0 Å². The number of benzene rings is 1. The first kappa shape index (κ1) is 15.1. The Morgan fingerprint density at radius 1 is 1.40 bits per heavy atom. The van der Waals surface area contributed by atoms with Gasteiger partial charge in [-0.25, -0.2) is 0 Å². The van der Waals surface area contributed by atoms with E-state index in [1.807, 2.05) is 12.1 Å². The second kappa shape index (κ2) is 7.50. The minimum atomic E-state index is -0.218. The molecule has 0 aromatic heterocycles. The fourth-order valence-corrected chi connectivity index (χ4v) is 2.65. The molecule has 2 N–H and O–H groups in total. The fraction of sp³-hybridized carbons (Fsp3) is 0.533. The van der Waals surface area contributed by atoms with E-state index in [0.29, 0.717) is 23.2 Å². The van der Waals surface area contributed by atoms with Gasteiger partial charge in [-0.15, -0.1) is 0 Å². The average molecular weight is 298 g/mol. The molecule has 1 aliphatic carbocycles. The lowest BCUT2D eigenvalue weighted by Crippen LogP contribution is -2.35. The Kier molecular flexibility index (Phi) is 5.68. The Morgan fingerprint density at radius 3 is 2.95 bits per heavy atom. The van der Waals surface area contributed by atoms with Gasteiger partial charge in [-0.1, -0.05) is 30.2 Å². The zero-order chi connectivity index (χ0) is 14.4. The van der Waals surface area contributed by atoms with Crippen molar-refractivity contribution in [1.82, 2.24) is 5.32 Å². The lowest BCUT2D eigenvalue weighted by atomic mass is 9.87. The van der Waals surface area contributed by atoms with Crippen LogP contribution in [0.5, 0.6) is 5.75 Å². The molecular weight excluding hydrogens is 278 g/mol. The van der Waals surface area contributed by atoms with Crippen LogP contribution in [0.1, 0.15) is 25.7 Å². The maximum Gasteiger partial charge on any atom is 0.257 e. The highest BCUT2D eigenvalue weighted by Gasteiger charge is 2.20. The highest BCUT2D eigenvalue weighted by molar-refractivity contribution is 6.32. The van der Waals surface area contributed by atoms with Crippen molar-refractivity contribution < 1.29 is 14.6 Å². The van der Waals surface area contributed by atoms with E-state index >= 15 is 0 Å². The molecule has 0 saturated heterocycles. The van der Waals surface area contributed by atoms with Crippen molar-refractivity contribution in [3.63, 3.8) is 0 Å². The van der Waals surface area contributed by atoms with Gasteiger partial charge in [0.2, 0.25) is 0 Å². The van der Waals surface area contributed by atoms with Gasteiger partial charge < -0.3 is 15.2 Å². The van der Waals surface area contributed by atoms with Crippen LogP contribution >= 0.6 is 11.6 Å². The molecule has 2 rings (SSSR count). The summed E-state index contributed by atoms with van der Waals surface area (Å²) in [4.78, 5) is 11.7. The minimum Gasteiger partial charge on any atom is -0.482 e. The third kappa shape index (κ3) is 4.69. The molecule has 1 saturated carbocycles. The monoisotopic (exact) mass is 297 g/mol. The first-order valence-corrected chi connectivity index (χ1v) is 7.35. The summed E-state index contributed by atoms with van der Waals surface area (Å²) in [5.41, 5.74) is 0. The second-order valence-electron chi connectivity index (χ2n) is 5.21. The van der Waals surface area contributed by atoms with Crippen LogP contribution in [0.2, 0.25) is 5.02 Å². The van der Waals surface area contributed by atoms with Crippen LogP contribution in [0.25, 0.3) is 0 Å². The number of para-hydroxylation sites is 1. The van der Waals surface area contributed by atoms with E-state index in [9.17, 15) is 9.90 Å². The number of ether oxygens (including phenoxy) is 1. The maximum absolute atomic E-state index is 11.7. The third-order valence-corrected chi connectivity index (χ3v) is 3.85. The predicted octanol–water partition coefficient (Wildman–Crippen LogP) is 2.39. The molecule has 0 heterocycles. The molecule has 110 valence electrons. The molecule has 1 aromatic carbocycles. The summed E-state index contributed by atoms with van der Waals surface area (Å²) >= 11 is 5.94. The smallest absolute Gasteiger partial charge is 0.257 e. The first-order chi connectivity index (χ1) is 9.65. The quantitative estimate of drug-likeness (QED) is 0.877. The van der Waals surface area contributed by atoms with E-state index in [2.05, 4.69) is 5.32 Å². The summed E-state index contributed by atoms with van der Waals surface area (Å²) in [6, 6.07) is 7.07. The van der Waals surface area contributed by atoms with Gasteiger partial charge in [0.1, 0.15) is 5.75 Å². The molecule has 1 aromatic rings. The van der Waals surface area contributed by atoms with Gasteiger partial charge in [-0.3, -0.25) is 4.79 Å². The number of halogens is 1. The molecule has 1 amide bonds. The number of aliphatic hydroxyl groups excluding tert-OH is 1. The van der Waals surface area contributed by atoms with E-state index in [-0.39, 0.29) is 18.6 Å². The average Bonchev–Trinajstić information content (AvgIpc) is 2.44. The Labute approximate surface area is 124 Å². The highest BCUT2D eigenvalue weighted by atomic mass is 35.5. The highest BCUT2D eigenvalue weighted by Crippen LogP contribution is 2.24. The van der Waals surface area contributed by atoms with Crippen LogP contribution in [-0.4, -0.2) is 30.3 Å². The molecule has 4 nitrogen and oxygen atoms in total. The summed E-state index contributed by atoms with van der Waals surface area (Å²) in [5.74, 6) is 0.713. The first-order valence-electron chi connectivity index (χ1n) is 6.97. The topological polar surface area (TPSA) is 58.6 Å². The molecule has 1 aliphatic rings. The molecule has 20 heavy (non-hydrogen) atoms. The summed E-state index contributed by atoms with van der Waals surface area (Å²) in [5, 5.41) is 12.9. The largest absolute Gasteiger partial charge is 0.482 e. The Balaban J connectivity index is 1.69. The molecule has 2 atom stereocenters. The van der Waals surface area contributed by atoms with Crippen LogP contribution in [0, 0.1) is 5.92 Å². The second-order valence-corrected chi connectivity index (χ2v) is 5.62. The fourth-order valence-electron chi connectivity index (χ4n) is 2.46. The summed E-state index contributed by atoms with van der Waals surface area (Å²) < 4.78 is 5.37. The Bertz CT molecular complexity index is 452. The molecule has 0 radical (unpaired) electrons. The van der Waals surface area contributed by atoms with Crippen molar-refractivity contribution in [1.29, 1.82) is 0 Å². The summed E-state index contributed by atoms with van der Waals surface area (Å²) in [6.07, 6.45) is 3.51. The van der Waals surface area contributed by atoms with Crippen molar-refractivity contribution in [3.8, 4) is 5.75 Å². The van der Waals surface area contributed by atoms with E-state index < -0.39 is 0 Å². The van der Waals surface area contributed by atoms with Crippen LogP contribution in [-0.2, 0) is 4.79 Å². The van der Waals surface area contributed by atoms with Crippen LogP contribution in [0.4, 0.5) is 0 Å². The SMILES string of the molecule is O=C(COc1ccccc1Cl)NCC1CCCC(O)C1. The molecule has 1 fully saturated rings. The Hall–Kier alpha value is -1.26. The molecule has 5 heteroatoms. The van der Waals surface area contributed by atoms with E-state index in [1.165, 1.54) is 0 Å². The van der Waals surface area contributed by atoms with Crippen molar-refractivity contribution in [3.05, 3.63) is 29.3 Å². The van der Waals surface area contributed by atoms with Gasteiger partial charge in [0.15, 0.2) is 6.61 Å². The molecule has 0 bridgehead atoms.